The minimum Gasteiger partial charge on any atom is -0.493 e. The molecular weight excluding hydrogens is 490 g/mol. The van der Waals surface area contributed by atoms with Gasteiger partial charge in [-0.05, 0) is 73.1 Å². The Hall–Kier alpha value is -3.46. The third-order valence-corrected chi connectivity index (χ3v) is 6.83. The Morgan fingerprint density at radius 2 is 1.58 bits per heavy atom. The number of nitrogens with zero attached hydrogens (tertiary/aromatic N) is 1. The van der Waals surface area contributed by atoms with Crippen molar-refractivity contribution in [1.82, 2.24) is 4.90 Å². The van der Waals surface area contributed by atoms with Crippen molar-refractivity contribution in [1.29, 1.82) is 0 Å². The number of methoxy groups -OCH3 is 4. The molecule has 3 rings (SSSR count). The lowest BCUT2D eigenvalue weighted by Gasteiger charge is -2.38. The van der Waals surface area contributed by atoms with Crippen LogP contribution in [0.25, 0.3) is 0 Å². The molecule has 0 aromatic heterocycles. The third kappa shape index (κ3) is 7.77. The van der Waals surface area contributed by atoms with Gasteiger partial charge < -0.3 is 28.4 Å². The van der Waals surface area contributed by atoms with Crippen LogP contribution in [0.5, 0.6) is 23.0 Å². The van der Waals surface area contributed by atoms with E-state index < -0.39 is 0 Å². The van der Waals surface area contributed by atoms with Crippen molar-refractivity contribution in [2.45, 2.75) is 44.6 Å². The lowest BCUT2D eigenvalue weighted by molar-refractivity contribution is -0.144. The summed E-state index contributed by atoms with van der Waals surface area (Å²) in [5.41, 5.74) is 3.47. The van der Waals surface area contributed by atoms with E-state index in [1.807, 2.05) is 18.2 Å². The molecule has 9 nitrogen and oxygen atoms in total. The van der Waals surface area contributed by atoms with Crippen LogP contribution in [0.4, 0.5) is 0 Å². The molecule has 0 saturated carbocycles. The highest BCUT2D eigenvalue weighted by Gasteiger charge is 2.30. The summed E-state index contributed by atoms with van der Waals surface area (Å²) >= 11 is 0. The van der Waals surface area contributed by atoms with Crippen LogP contribution in [-0.4, -0.2) is 72.1 Å². The van der Waals surface area contributed by atoms with Gasteiger partial charge >= 0.3 is 5.97 Å². The molecule has 1 atom stereocenters. The number of esters is 1. The van der Waals surface area contributed by atoms with Crippen molar-refractivity contribution in [3.8, 4) is 23.0 Å². The largest absolute Gasteiger partial charge is 0.493 e. The number of unbranched alkanes of at least 4 members (excludes halogenated alkanes) is 2. The zero-order valence-electron chi connectivity index (χ0n) is 22.8. The van der Waals surface area contributed by atoms with Crippen LogP contribution in [0, 0.1) is 0 Å². The molecular formula is C29H39NO8. The monoisotopic (exact) mass is 529 g/mol. The molecule has 0 radical (unpaired) electrons. The van der Waals surface area contributed by atoms with Crippen LogP contribution in [0.15, 0.2) is 30.3 Å². The van der Waals surface area contributed by atoms with Crippen molar-refractivity contribution in [2.75, 3.05) is 54.7 Å². The van der Waals surface area contributed by atoms with Gasteiger partial charge in [0.15, 0.2) is 23.0 Å². The molecule has 2 aromatic carbocycles. The van der Waals surface area contributed by atoms with Gasteiger partial charge in [0.2, 0.25) is 0 Å². The maximum absolute atomic E-state index is 12.5. The van der Waals surface area contributed by atoms with E-state index in [9.17, 15) is 9.59 Å². The fourth-order valence-electron chi connectivity index (χ4n) is 4.82. The lowest BCUT2D eigenvalue weighted by atomic mass is 9.88. The fourth-order valence-corrected chi connectivity index (χ4v) is 4.82. The Morgan fingerprint density at radius 3 is 2.29 bits per heavy atom. The SMILES string of the molecule is COc1ccc(CC2c3cc(OC)c(OC)cc3CCN2CCC(=O)OCCCCCOC=O)cc1OC. The summed E-state index contributed by atoms with van der Waals surface area (Å²) in [4.78, 5) is 25.0. The Balaban J connectivity index is 1.72. The predicted octanol–water partition coefficient (Wildman–Crippen LogP) is 4.14. The highest BCUT2D eigenvalue weighted by molar-refractivity contribution is 5.69. The summed E-state index contributed by atoms with van der Waals surface area (Å²) < 4.78 is 32.2. The summed E-state index contributed by atoms with van der Waals surface area (Å²) in [6.07, 6.45) is 4.21. The summed E-state index contributed by atoms with van der Waals surface area (Å²) in [5, 5.41) is 0. The predicted molar refractivity (Wildman–Crippen MR) is 142 cm³/mol. The molecule has 9 heteroatoms. The average molecular weight is 530 g/mol. The van der Waals surface area contributed by atoms with Crippen molar-refractivity contribution in [2.24, 2.45) is 0 Å². The van der Waals surface area contributed by atoms with E-state index in [2.05, 4.69) is 21.8 Å². The highest BCUT2D eigenvalue weighted by atomic mass is 16.5. The molecule has 0 aliphatic carbocycles. The minimum atomic E-state index is -0.211. The Labute approximate surface area is 224 Å². The quantitative estimate of drug-likeness (QED) is 0.181. The van der Waals surface area contributed by atoms with Gasteiger partial charge in [0.05, 0.1) is 48.1 Å². The van der Waals surface area contributed by atoms with Gasteiger partial charge in [0.1, 0.15) is 0 Å². The molecule has 0 amide bonds. The van der Waals surface area contributed by atoms with Gasteiger partial charge in [-0.2, -0.15) is 0 Å². The maximum atomic E-state index is 12.5. The zero-order chi connectivity index (χ0) is 27.3. The van der Waals surface area contributed by atoms with E-state index in [0.29, 0.717) is 55.6 Å². The van der Waals surface area contributed by atoms with Crippen LogP contribution < -0.4 is 18.9 Å². The van der Waals surface area contributed by atoms with Crippen LogP contribution in [0.1, 0.15) is 48.4 Å². The van der Waals surface area contributed by atoms with Gasteiger partial charge in [-0.3, -0.25) is 14.5 Å². The zero-order valence-corrected chi connectivity index (χ0v) is 22.8. The first kappa shape index (κ1) is 29.1. The fraction of sp³-hybridized carbons (Fsp3) is 0.517. The van der Waals surface area contributed by atoms with E-state index in [1.54, 1.807) is 28.4 Å². The van der Waals surface area contributed by atoms with Crippen LogP contribution in [0.3, 0.4) is 0 Å². The van der Waals surface area contributed by atoms with Gasteiger partial charge in [-0.15, -0.1) is 0 Å². The smallest absolute Gasteiger partial charge is 0.307 e. The minimum absolute atomic E-state index is 0.0299. The molecule has 0 fully saturated rings. The molecule has 0 N–H and O–H groups in total. The van der Waals surface area contributed by atoms with E-state index in [4.69, 9.17) is 23.7 Å². The van der Waals surface area contributed by atoms with Crippen molar-refractivity contribution in [3.63, 3.8) is 0 Å². The lowest BCUT2D eigenvalue weighted by Crippen LogP contribution is -2.38. The first-order valence-corrected chi connectivity index (χ1v) is 12.9. The van der Waals surface area contributed by atoms with Crippen LogP contribution in [0.2, 0.25) is 0 Å². The van der Waals surface area contributed by atoms with Gasteiger partial charge in [-0.25, -0.2) is 0 Å². The third-order valence-electron chi connectivity index (χ3n) is 6.83. The second-order valence-corrected chi connectivity index (χ2v) is 9.10. The summed E-state index contributed by atoms with van der Waals surface area (Å²) in [6, 6.07) is 10.1. The molecule has 1 aliphatic rings. The van der Waals surface area contributed by atoms with Crippen molar-refractivity contribution < 1.29 is 38.0 Å². The number of rotatable bonds is 16. The Morgan fingerprint density at radius 1 is 0.895 bits per heavy atom. The number of hydrogen-bond donors (Lipinski definition) is 0. The molecule has 0 saturated heterocycles. The Kier molecular flexibility index (Phi) is 11.5. The van der Waals surface area contributed by atoms with Crippen molar-refractivity contribution in [3.05, 3.63) is 47.0 Å². The number of hydrogen-bond acceptors (Lipinski definition) is 9. The van der Waals surface area contributed by atoms with Gasteiger partial charge in [0, 0.05) is 19.1 Å². The molecule has 0 bridgehead atoms. The number of ether oxygens (including phenoxy) is 6. The summed E-state index contributed by atoms with van der Waals surface area (Å²) in [6.45, 7) is 2.60. The molecule has 38 heavy (non-hydrogen) atoms. The standard InChI is InChI=1S/C29H39NO8/c1-33-25-9-8-21(17-26(25)34-2)16-24-23-19-28(36-4)27(35-3)18-22(23)10-12-30(24)13-11-29(32)38-15-7-5-6-14-37-20-31/h8-9,17-20,24H,5-7,10-16H2,1-4H3. The van der Waals surface area contributed by atoms with E-state index >= 15 is 0 Å². The van der Waals surface area contributed by atoms with Gasteiger partial charge in [-0.1, -0.05) is 6.07 Å². The van der Waals surface area contributed by atoms with E-state index in [1.165, 1.54) is 5.56 Å². The van der Waals surface area contributed by atoms with E-state index in [0.717, 1.165) is 49.8 Å². The molecule has 1 heterocycles. The number of carbonyl (C=O) groups is 2. The number of carbonyl (C=O) groups excluding carboxylic acids is 2. The van der Waals surface area contributed by atoms with E-state index in [-0.39, 0.29) is 12.0 Å². The molecule has 208 valence electrons. The molecule has 2 aromatic rings. The number of fused-ring (bicyclic) bond motifs is 1. The maximum Gasteiger partial charge on any atom is 0.307 e. The van der Waals surface area contributed by atoms with Crippen molar-refractivity contribution >= 4 is 12.4 Å². The number of benzene rings is 2. The second kappa shape index (κ2) is 15.1. The van der Waals surface area contributed by atoms with Crippen LogP contribution in [-0.2, 0) is 31.9 Å². The molecule has 0 spiro atoms. The van der Waals surface area contributed by atoms with Gasteiger partial charge in [0.25, 0.3) is 6.47 Å². The topological polar surface area (TPSA) is 92.8 Å². The van der Waals surface area contributed by atoms with Crippen LogP contribution >= 0.6 is 0 Å². The second-order valence-electron chi connectivity index (χ2n) is 9.10. The molecule has 1 unspecified atom stereocenters. The Bertz CT molecular complexity index is 1060. The average Bonchev–Trinajstić information content (AvgIpc) is 2.95. The normalized spacial score (nSPS) is 14.8. The molecule has 1 aliphatic heterocycles. The summed E-state index contributed by atoms with van der Waals surface area (Å²) in [5.74, 6) is 2.55. The first-order chi connectivity index (χ1) is 18.5. The summed E-state index contributed by atoms with van der Waals surface area (Å²) in [7, 11) is 6.54. The highest BCUT2D eigenvalue weighted by Crippen LogP contribution is 2.40. The first-order valence-electron chi connectivity index (χ1n) is 12.9.